The highest BCUT2D eigenvalue weighted by Gasteiger charge is 2.55. The Kier molecular flexibility index (Phi) is 9.32. The number of hydrogen-bond acceptors (Lipinski definition) is 8. The van der Waals surface area contributed by atoms with Gasteiger partial charge >= 0.3 is 5.97 Å². The van der Waals surface area contributed by atoms with Crippen molar-refractivity contribution in [1.29, 1.82) is 0 Å². The van der Waals surface area contributed by atoms with E-state index in [0.717, 1.165) is 51.2 Å². The molecule has 1 amide bonds. The van der Waals surface area contributed by atoms with Crippen LogP contribution in [0.5, 0.6) is 11.6 Å². The summed E-state index contributed by atoms with van der Waals surface area (Å²) in [5, 5.41) is 0. The zero-order valence-electron chi connectivity index (χ0n) is 28.0. The lowest BCUT2D eigenvalue weighted by Crippen LogP contribution is -2.45. The second kappa shape index (κ2) is 13.5. The first-order valence-corrected chi connectivity index (χ1v) is 18.1. The number of fused-ring (bicyclic) bond motifs is 7. The molecule has 8 atom stereocenters. The number of aromatic nitrogens is 2. The summed E-state index contributed by atoms with van der Waals surface area (Å²) in [6.07, 6.45) is 7.96. The molecule has 9 nitrogen and oxygen atoms in total. The number of amides is 1. The molecule has 1 saturated heterocycles. The summed E-state index contributed by atoms with van der Waals surface area (Å²) >= 11 is 0. The molecular formula is C37H47F2N3O6. The number of rotatable bonds is 4. The van der Waals surface area contributed by atoms with Crippen molar-refractivity contribution in [1.82, 2.24) is 14.9 Å². The van der Waals surface area contributed by atoms with Gasteiger partial charge in [0.15, 0.2) is 5.69 Å². The molecule has 2 aromatic rings. The minimum Gasteiger partial charge on any atom is -0.497 e. The highest BCUT2D eigenvalue weighted by atomic mass is 19.3. The fraction of sp³-hybridized carbons (Fsp3) is 0.703. The van der Waals surface area contributed by atoms with Gasteiger partial charge in [0.1, 0.15) is 24.2 Å². The monoisotopic (exact) mass is 667 g/mol. The molecule has 2 aliphatic heterocycles. The molecule has 1 aromatic heterocycles. The number of hydrogen-bond donors (Lipinski definition) is 0. The number of nitrogens with zero attached hydrogens (tertiary/aromatic N) is 3. The quantitative estimate of drug-likeness (QED) is 0.264. The largest absolute Gasteiger partial charge is 0.497 e. The average Bonchev–Trinajstić information content (AvgIpc) is 3.64. The number of benzene rings is 1. The van der Waals surface area contributed by atoms with E-state index < -0.39 is 42.0 Å². The van der Waals surface area contributed by atoms with Gasteiger partial charge in [-0.1, -0.05) is 32.6 Å². The molecule has 4 fully saturated rings. The van der Waals surface area contributed by atoms with E-state index in [-0.39, 0.29) is 55.1 Å². The molecule has 3 aliphatic carbocycles. The molecule has 11 heteroatoms. The maximum absolute atomic E-state index is 16.2. The van der Waals surface area contributed by atoms with Crippen molar-refractivity contribution < 1.29 is 37.4 Å². The van der Waals surface area contributed by atoms with Crippen LogP contribution in [0, 0.1) is 35.5 Å². The van der Waals surface area contributed by atoms with Gasteiger partial charge in [-0.3, -0.25) is 9.59 Å². The molecule has 48 heavy (non-hydrogen) atoms. The molecule has 2 unspecified atom stereocenters. The highest BCUT2D eigenvalue weighted by molar-refractivity contribution is 5.87. The van der Waals surface area contributed by atoms with Crippen molar-refractivity contribution in [3.8, 4) is 11.6 Å². The molecule has 2 bridgehead atoms. The number of carbonyl (C=O) groups excluding carboxylic acids is 3. The Morgan fingerprint density at radius 1 is 0.958 bits per heavy atom. The van der Waals surface area contributed by atoms with Crippen LogP contribution in [-0.4, -0.2) is 64.9 Å². The van der Waals surface area contributed by atoms with Gasteiger partial charge in [-0.2, -0.15) is 8.78 Å². The van der Waals surface area contributed by atoms with Crippen molar-refractivity contribution in [3.63, 3.8) is 0 Å². The van der Waals surface area contributed by atoms with Gasteiger partial charge in [-0.25, -0.2) is 9.97 Å². The number of ether oxygens (including phenoxy) is 3. The highest BCUT2D eigenvalue weighted by Crippen LogP contribution is 2.58. The van der Waals surface area contributed by atoms with Gasteiger partial charge < -0.3 is 23.9 Å². The number of halogens is 2. The van der Waals surface area contributed by atoms with Gasteiger partial charge in [0.2, 0.25) is 11.8 Å². The van der Waals surface area contributed by atoms with E-state index in [1.54, 1.807) is 18.2 Å². The third-order valence-corrected chi connectivity index (χ3v) is 12.0. The van der Waals surface area contributed by atoms with E-state index in [1.165, 1.54) is 12.0 Å². The van der Waals surface area contributed by atoms with Crippen LogP contribution in [0.15, 0.2) is 18.2 Å². The molecule has 5 aliphatic rings. The Bertz CT molecular complexity index is 1530. The molecule has 260 valence electrons. The summed E-state index contributed by atoms with van der Waals surface area (Å²) in [5.41, 5.74) is 0.115. The van der Waals surface area contributed by atoms with Gasteiger partial charge in [0.05, 0.1) is 43.1 Å². The van der Waals surface area contributed by atoms with E-state index in [0.29, 0.717) is 47.9 Å². The first-order valence-electron chi connectivity index (χ1n) is 18.1. The van der Waals surface area contributed by atoms with E-state index >= 15 is 8.78 Å². The first kappa shape index (κ1) is 33.1. The SMILES string of the molecule is CC[C@@H]1[C@@H]2CN(C(=O)[C@H](C3CCCCC3)CC(=O)O[C@@H]3CC4CC4[C@H]3CCCCC(F)(F)c3nc4ccc(OC)cc4nc3O2)[C@@H]1C=O. The van der Waals surface area contributed by atoms with Gasteiger partial charge in [-0.05, 0) is 80.8 Å². The molecule has 7 rings (SSSR count). The predicted octanol–water partition coefficient (Wildman–Crippen LogP) is 6.64. The zero-order chi connectivity index (χ0) is 33.6. The smallest absolute Gasteiger partial charge is 0.306 e. The number of carbonyl (C=O) groups is 3. The van der Waals surface area contributed by atoms with Crippen LogP contribution in [-0.2, 0) is 25.0 Å². The van der Waals surface area contributed by atoms with Crippen molar-refractivity contribution in [2.45, 2.75) is 115 Å². The van der Waals surface area contributed by atoms with Crippen LogP contribution in [0.1, 0.15) is 96.1 Å². The Morgan fingerprint density at radius 2 is 1.75 bits per heavy atom. The van der Waals surface area contributed by atoms with Gasteiger partial charge in [0.25, 0.3) is 5.92 Å². The van der Waals surface area contributed by atoms with E-state index in [9.17, 15) is 14.4 Å². The van der Waals surface area contributed by atoms with Gasteiger partial charge in [0, 0.05) is 18.4 Å². The summed E-state index contributed by atoms with van der Waals surface area (Å²) in [7, 11) is 1.51. The Morgan fingerprint density at radius 3 is 2.50 bits per heavy atom. The van der Waals surface area contributed by atoms with E-state index in [2.05, 4.69) is 9.97 Å². The fourth-order valence-corrected chi connectivity index (χ4v) is 9.35. The lowest BCUT2D eigenvalue weighted by molar-refractivity contribution is -0.157. The average molecular weight is 668 g/mol. The third-order valence-electron chi connectivity index (χ3n) is 12.0. The molecule has 0 N–H and O–H groups in total. The van der Waals surface area contributed by atoms with Crippen LogP contribution < -0.4 is 9.47 Å². The Labute approximate surface area is 280 Å². The van der Waals surface area contributed by atoms with Crippen LogP contribution >= 0.6 is 0 Å². The topological polar surface area (TPSA) is 108 Å². The molecule has 0 spiro atoms. The predicted molar refractivity (Wildman–Crippen MR) is 172 cm³/mol. The van der Waals surface area contributed by atoms with Crippen molar-refractivity contribution in [3.05, 3.63) is 23.9 Å². The minimum atomic E-state index is -3.34. The van der Waals surface area contributed by atoms with Crippen LogP contribution in [0.4, 0.5) is 8.78 Å². The lowest BCUT2D eigenvalue weighted by atomic mass is 9.77. The molecule has 1 aromatic carbocycles. The maximum atomic E-state index is 16.2. The number of aldehydes is 1. The van der Waals surface area contributed by atoms with Crippen molar-refractivity contribution >= 4 is 29.2 Å². The number of esters is 1. The van der Waals surface area contributed by atoms with Crippen molar-refractivity contribution in [2.24, 2.45) is 35.5 Å². The Balaban J connectivity index is 1.27. The molecule has 3 heterocycles. The summed E-state index contributed by atoms with van der Waals surface area (Å²) < 4.78 is 50.2. The van der Waals surface area contributed by atoms with Gasteiger partial charge in [-0.15, -0.1) is 0 Å². The Hall–Kier alpha value is -3.37. The van der Waals surface area contributed by atoms with Crippen LogP contribution in [0.25, 0.3) is 11.0 Å². The first-order chi connectivity index (χ1) is 23.2. The second-order valence-electron chi connectivity index (χ2n) is 14.8. The molecular weight excluding hydrogens is 620 g/mol. The summed E-state index contributed by atoms with van der Waals surface area (Å²) in [4.78, 5) is 51.3. The maximum Gasteiger partial charge on any atom is 0.306 e. The minimum absolute atomic E-state index is 0.0103. The summed E-state index contributed by atoms with van der Waals surface area (Å²) in [6.45, 7) is 1.92. The number of methoxy groups -OCH3 is 1. The molecule has 3 saturated carbocycles. The molecule has 0 radical (unpaired) electrons. The number of alkyl halides is 2. The zero-order valence-corrected chi connectivity index (χ0v) is 28.0. The van der Waals surface area contributed by atoms with E-state index in [4.69, 9.17) is 14.2 Å². The fourth-order valence-electron chi connectivity index (χ4n) is 9.35. The van der Waals surface area contributed by atoms with Crippen molar-refractivity contribution in [2.75, 3.05) is 13.7 Å². The lowest BCUT2D eigenvalue weighted by Gasteiger charge is -2.34. The summed E-state index contributed by atoms with van der Waals surface area (Å²) in [6, 6.07) is 4.07. The third kappa shape index (κ3) is 6.38. The van der Waals surface area contributed by atoms with Crippen LogP contribution in [0.3, 0.4) is 0 Å². The van der Waals surface area contributed by atoms with E-state index in [1.807, 2.05) is 6.92 Å². The van der Waals surface area contributed by atoms with Crippen LogP contribution in [0.2, 0.25) is 0 Å². The normalized spacial score (nSPS) is 34.2. The standard InChI is InChI=1S/C37H47F2N3O6/c1-3-24-30(20-43)42-19-32(24)48-35-34(40-28-13-12-23(46-2)17-29(28)41-35)37(38,39)14-8-7-11-25-26-15-22(26)16-31(25)47-33(44)18-27(36(42)45)21-9-5-4-6-10-21/h12-13,17,20-22,24-27,30-32H,3-11,14-16,18-19H2,1-2H3/t22?,24-,25+,26?,27-,30+,31+,32-/m0/s1. The second-order valence-corrected chi connectivity index (χ2v) is 14.8. The summed E-state index contributed by atoms with van der Waals surface area (Å²) in [5.74, 6) is -3.66.